The number of nitrogens with zero attached hydrogens (tertiary/aromatic N) is 2. The minimum absolute atomic E-state index is 0.117. The third-order valence-corrected chi connectivity index (χ3v) is 5.29. The van der Waals surface area contributed by atoms with Crippen LogP contribution in [0.25, 0.3) is 0 Å². The molecule has 1 fully saturated rings. The molecule has 3 rings (SSSR count). The molecule has 1 aromatic rings. The van der Waals surface area contributed by atoms with Crippen molar-refractivity contribution in [2.45, 2.75) is 32.6 Å². The summed E-state index contributed by atoms with van der Waals surface area (Å²) >= 11 is 0. The number of fused-ring (bicyclic) bond motifs is 1. The molecule has 1 aromatic carbocycles. The maximum Gasteiger partial charge on any atom is 0.261 e. The molecule has 6 heteroatoms. The number of carbonyl (C=O) groups is 3. The van der Waals surface area contributed by atoms with Gasteiger partial charge >= 0.3 is 0 Å². The second-order valence-electron chi connectivity index (χ2n) is 7.29. The number of benzene rings is 1. The smallest absolute Gasteiger partial charge is 0.261 e. The Bertz CT molecular complexity index is 646. The van der Waals surface area contributed by atoms with Crippen molar-refractivity contribution in [3.8, 4) is 0 Å². The van der Waals surface area contributed by atoms with Gasteiger partial charge in [-0.3, -0.25) is 19.3 Å². The molecule has 0 saturated carbocycles. The lowest BCUT2D eigenvalue weighted by Gasteiger charge is -2.30. The van der Waals surface area contributed by atoms with Gasteiger partial charge in [0, 0.05) is 19.5 Å². The molecule has 0 bridgehead atoms. The first-order valence-corrected chi connectivity index (χ1v) is 9.50. The average Bonchev–Trinajstić information content (AvgIpc) is 2.89. The molecule has 1 N–H and O–H groups in total. The van der Waals surface area contributed by atoms with E-state index in [0.29, 0.717) is 17.7 Å². The summed E-state index contributed by atoms with van der Waals surface area (Å²) in [6.07, 6.45) is 3.58. The maximum atomic E-state index is 12.2. The largest absolute Gasteiger partial charge is 0.356 e. The second-order valence-corrected chi connectivity index (χ2v) is 7.29. The predicted octanol–water partition coefficient (Wildman–Crippen LogP) is 1.91. The maximum absolute atomic E-state index is 12.2. The molecule has 6 nitrogen and oxygen atoms in total. The highest BCUT2D eigenvalue weighted by molar-refractivity contribution is 6.21. The normalized spacial score (nSPS) is 18.3. The number of amides is 3. The van der Waals surface area contributed by atoms with Gasteiger partial charge in [-0.25, -0.2) is 0 Å². The molecule has 2 aliphatic rings. The highest BCUT2D eigenvalue weighted by Gasteiger charge is 2.34. The molecule has 26 heavy (non-hydrogen) atoms. The van der Waals surface area contributed by atoms with Crippen molar-refractivity contribution >= 4 is 17.7 Å². The van der Waals surface area contributed by atoms with E-state index in [1.54, 1.807) is 24.3 Å². The summed E-state index contributed by atoms with van der Waals surface area (Å²) < 4.78 is 0. The summed E-state index contributed by atoms with van der Waals surface area (Å²) in [4.78, 5) is 40.1. The minimum atomic E-state index is -0.308. The van der Waals surface area contributed by atoms with Gasteiger partial charge in [0.2, 0.25) is 5.91 Å². The summed E-state index contributed by atoms with van der Waals surface area (Å²) in [6, 6.07) is 6.78. The Morgan fingerprint density at radius 2 is 1.69 bits per heavy atom. The van der Waals surface area contributed by atoms with Crippen LogP contribution in [0.1, 0.15) is 53.3 Å². The van der Waals surface area contributed by atoms with Crippen molar-refractivity contribution in [3.63, 3.8) is 0 Å². The quantitative estimate of drug-likeness (QED) is 0.598. The first kappa shape index (κ1) is 18.6. The number of carbonyl (C=O) groups excluding carboxylic acids is 3. The summed E-state index contributed by atoms with van der Waals surface area (Å²) in [6.45, 7) is 6.36. The van der Waals surface area contributed by atoms with Gasteiger partial charge in [-0.1, -0.05) is 19.1 Å². The van der Waals surface area contributed by atoms with Crippen LogP contribution in [0.15, 0.2) is 24.3 Å². The van der Waals surface area contributed by atoms with Crippen LogP contribution in [0, 0.1) is 5.92 Å². The number of likely N-dealkylation sites (tertiary alicyclic amines) is 1. The highest BCUT2D eigenvalue weighted by Crippen LogP contribution is 2.22. The molecule has 0 aliphatic carbocycles. The number of imide groups is 1. The zero-order chi connectivity index (χ0) is 18.5. The fraction of sp³-hybridized carbons (Fsp3) is 0.550. The predicted molar refractivity (Wildman–Crippen MR) is 98.9 cm³/mol. The van der Waals surface area contributed by atoms with Crippen molar-refractivity contribution in [2.24, 2.45) is 5.92 Å². The molecule has 0 atom stereocenters. The van der Waals surface area contributed by atoms with Crippen LogP contribution in [0.3, 0.4) is 0 Å². The number of piperidine rings is 1. The molecular weight excluding hydrogens is 330 g/mol. The van der Waals surface area contributed by atoms with E-state index in [4.69, 9.17) is 0 Å². The van der Waals surface area contributed by atoms with Crippen LogP contribution in [0.5, 0.6) is 0 Å². The summed E-state index contributed by atoms with van der Waals surface area (Å²) in [7, 11) is 0. The fourth-order valence-electron chi connectivity index (χ4n) is 3.56. The van der Waals surface area contributed by atoms with Crippen LogP contribution in [0.4, 0.5) is 0 Å². The second kappa shape index (κ2) is 8.45. The molecule has 2 heterocycles. The zero-order valence-corrected chi connectivity index (χ0v) is 15.4. The van der Waals surface area contributed by atoms with E-state index in [0.717, 1.165) is 32.0 Å². The minimum Gasteiger partial charge on any atom is -0.356 e. The van der Waals surface area contributed by atoms with E-state index < -0.39 is 0 Å². The Hall–Kier alpha value is -2.21. The van der Waals surface area contributed by atoms with Crippen molar-refractivity contribution in [3.05, 3.63) is 35.4 Å². The Morgan fingerprint density at radius 1 is 1.08 bits per heavy atom. The lowest BCUT2D eigenvalue weighted by molar-refractivity contribution is -0.121. The number of hydrogen-bond donors (Lipinski definition) is 1. The van der Waals surface area contributed by atoms with Gasteiger partial charge in [0.05, 0.1) is 11.1 Å². The number of hydrogen-bond acceptors (Lipinski definition) is 4. The molecule has 140 valence electrons. The van der Waals surface area contributed by atoms with Gasteiger partial charge in [0.15, 0.2) is 0 Å². The Morgan fingerprint density at radius 3 is 2.31 bits per heavy atom. The van der Waals surface area contributed by atoms with Gasteiger partial charge in [-0.2, -0.15) is 0 Å². The molecule has 0 aromatic heterocycles. The van der Waals surface area contributed by atoms with E-state index in [1.807, 2.05) is 0 Å². The Labute approximate surface area is 154 Å². The molecule has 0 radical (unpaired) electrons. The van der Waals surface area contributed by atoms with Crippen LogP contribution in [-0.2, 0) is 4.79 Å². The summed E-state index contributed by atoms with van der Waals surface area (Å²) in [5.41, 5.74) is 0.850. The van der Waals surface area contributed by atoms with Crippen LogP contribution < -0.4 is 5.32 Å². The van der Waals surface area contributed by atoms with Crippen molar-refractivity contribution in [2.75, 3.05) is 32.7 Å². The first-order valence-electron chi connectivity index (χ1n) is 9.50. The van der Waals surface area contributed by atoms with Crippen LogP contribution in [0.2, 0.25) is 0 Å². The third kappa shape index (κ3) is 4.30. The molecule has 3 amide bonds. The van der Waals surface area contributed by atoms with Crippen molar-refractivity contribution in [1.29, 1.82) is 0 Å². The van der Waals surface area contributed by atoms with Gasteiger partial charge in [0.1, 0.15) is 0 Å². The van der Waals surface area contributed by atoms with E-state index in [1.165, 1.54) is 17.7 Å². The molecule has 1 saturated heterocycles. The van der Waals surface area contributed by atoms with E-state index in [2.05, 4.69) is 17.1 Å². The van der Waals surface area contributed by atoms with Crippen LogP contribution >= 0.6 is 0 Å². The molecule has 0 unspecified atom stereocenters. The third-order valence-electron chi connectivity index (χ3n) is 5.29. The van der Waals surface area contributed by atoms with Gasteiger partial charge in [-0.05, 0) is 56.9 Å². The van der Waals surface area contributed by atoms with Gasteiger partial charge < -0.3 is 10.2 Å². The highest BCUT2D eigenvalue weighted by atomic mass is 16.2. The molecular formula is C20H27N3O3. The van der Waals surface area contributed by atoms with E-state index in [9.17, 15) is 14.4 Å². The number of rotatable bonds is 7. The summed E-state index contributed by atoms with van der Waals surface area (Å²) in [5.74, 6) is 0.0948. The van der Waals surface area contributed by atoms with Gasteiger partial charge in [0.25, 0.3) is 11.8 Å². The Kier molecular flexibility index (Phi) is 6.04. The first-order chi connectivity index (χ1) is 12.6. The van der Waals surface area contributed by atoms with Crippen molar-refractivity contribution < 1.29 is 14.4 Å². The topological polar surface area (TPSA) is 69.7 Å². The Balaban J connectivity index is 1.35. The lowest BCUT2D eigenvalue weighted by Crippen LogP contribution is -2.37. The average molecular weight is 357 g/mol. The monoisotopic (exact) mass is 357 g/mol. The molecule has 2 aliphatic heterocycles. The van der Waals surface area contributed by atoms with E-state index in [-0.39, 0.29) is 30.7 Å². The fourth-order valence-corrected chi connectivity index (χ4v) is 3.56. The zero-order valence-electron chi connectivity index (χ0n) is 15.4. The van der Waals surface area contributed by atoms with E-state index >= 15 is 0 Å². The number of nitrogens with one attached hydrogen (secondary N) is 1. The lowest BCUT2D eigenvalue weighted by atomic mass is 9.99. The van der Waals surface area contributed by atoms with Crippen LogP contribution in [-0.4, -0.2) is 60.2 Å². The van der Waals surface area contributed by atoms with Gasteiger partial charge in [-0.15, -0.1) is 0 Å². The standard InChI is InChI=1S/C20H27N3O3/c1-15-7-12-22(13-8-15)11-4-10-21-18(24)9-14-23-19(25)16-5-2-3-6-17(16)20(23)26/h2-3,5-6,15H,4,7-14H2,1H3,(H,21,24). The summed E-state index contributed by atoms with van der Waals surface area (Å²) in [5, 5.41) is 2.89. The molecule has 0 spiro atoms. The van der Waals surface area contributed by atoms with Crippen molar-refractivity contribution in [1.82, 2.24) is 15.1 Å². The SMILES string of the molecule is CC1CCN(CCCNC(=O)CCN2C(=O)c3ccccc3C2=O)CC1.